The maximum atomic E-state index is 6.32. The normalized spacial score (nSPS) is 11.7. The second kappa shape index (κ2) is 14.0. The minimum absolute atomic E-state index is 0.909. The summed E-state index contributed by atoms with van der Waals surface area (Å²) < 4.78 is 8.90. The summed E-state index contributed by atoms with van der Waals surface area (Å²) in [6.45, 7) is 0. The molecule has 2 aromatic heterocycles. The van der Waals surface area contributed by atoms with Crippen molar-refractivity contribution in [3.8, 4) is 11.1 Å². The van der Waals surface area contributed by atoms with Crippen LogP contribution in [0.2, 0.25) is 0 Å². The lowest BCUT2D eigenvalue weighted by Gasteiger charge is -2.29. The van der Waals surface area contributed by atoms with E-state index in [1.807, 2.05) is 17.4 Å². The molecule has 0 aliphatic carbocycles. The topological polar surface area (TPSA) is 19.6 Å². The molecule has 12 aromatic rings. The molecule has 3 nitrogen and oxygen atoms in total. The van der Waals surface area contributed by atoms with Crippen LogP contribution in [-0.2, 0) is 0 Å². The first-order valence-electron chi connectivity index (χ1n) is 20.3. The maximum Gasteiger partial charge on any atom is 0.136 e. The summed E-state index contributed by atoms with van der Waals surface area (Å²) in [6.07, 6.45) is 0. The Balaban J connectivity index is 1.05. The lowest BCUT2D eigenvalue weighted by Crippen LogP contribution is -2.13. The third kappa shape index (κ3) is 5.80. The van der Waals surface area contributed by atoms with E-state index in [9.17, 15) is 0 Å². The molecule has 0 N–H and O–H groups in total. The lowest BCUT2D eigenvalue weighted by atomic mass is 9.99. The third-order valence-corrected chi connectivity index (χ3v) is 12.9. The van der Waals surface area contributed by atoms with Crippen molar-refractivity contribution < 1.29 is 4.42 Å². The first-order valence-corrected chi connectivity index (χ1v) is 21.1. The monoisotopic (exact) mass is 784 g/mol. The van der Waals surface area contributed by atoms with Crippen LogP contribution in [0, 0.1) is 0 Å². The summed E-state index contributed by atoms with van der Waals surface area (Å²) in [5.41, 5.74) is 10.7. The molecule has 4 heteroatoms. The highest BCUT2D eigenvalue weighted by atomic mass is 32.1. The van der Waals surface area contributed by atoms with Gasteiger partial charge in [-0.05, 0) is 130 Å². The van der Waals surface area contributed by atoms with E-state index in [0.29, 0.717) is 0 Å². The molecule has 0 fully saturated rings. The Hall–Kier alpha value is -7.66. The highest BCUT2D eigenvalue weighted by Gasteiger charge is 2.20. The van der Waals surface area contributed by atoms with E-state index in [0.717, 1.165) is 61.4 Å². The van der Waals surface area contributed by atoms with E-state index in [2.05, 4.69) is 222 Å². The largest absolute Gasteiger partial charge is 0.456 e. The molecule has 282 valence electrons. The first-order chi connectivity index (χ1) is 29.7. The molecule has 0 amide bonds. The number of fused-ring (bicyclic) bond motifs is 9. The van der Waals surface area contributed by atoms with E-state index in [1.54, 1.807) is 0 Å². The van der Waals surface area contributed by atoms with Gasteiger partial charge >= 0.3 is 0 Å². The van der Waals surface area contributed by atoms with Gasteiger partial charge in [-0.25, -0.2) is 0 Å². The molecule has 0 aliphatic rings. The zero-order chi connectivity index (χ0) is 39.6. The molecule has 0 radical (unpaired) electrons. The van der Waals surface area contributed by atoms with E-state index < -0.39 is 0 Å². The molecule has 0 aliphatic heterocycles. The first kappa shape index (κ1) is 34.4. The molecular weight excluding hydrogens is 749 g/mol. The fraction of sp³-hybridized carbons (Fsp3) is 0. The van der Waals surface area contributed by atoms with Crippen LogP contribution in [0.4, 0.5) is 34.1 Å². The summed E-state index contributed by atoms with van der Waals surface area (Å²) in [7, 11) is 0. The van der Waals surface area contributed by atoms with Gasteiger partial charge in [0.25, 0.3) is 0 Å². The van der Waals surface area contributed by atoms with Gasteiger partial charge in [0.1, 0.15) is 11.2 Å². The van der Waals surface area contributed by atoms with Gasteiger partial charge in [0, 0.05) is 65.1 Å². The third-order valence-electron chi connectivity index (χ3n) is 11.8. The van der Waals surface area contributed by atoms with Gasteiger partial charge in [-0.1, -0.05) is 121 Å². The Morgan fingerprint density at radius 1 is 0.283 bits per heavy atom. The van der Waals surface area contributed by atoms with Crippen LogP contribution >= 0.6 is 11.3 Å². The van der Waals surface area contributed by atoms with Gasteiger partial charge in [0.15, 0.2) is 0 Å². The molecule has 0 bridgehead atoms. The molecule has 2 heterocycles. The van der Waals surface area contributed by atoms with Crippen molar-refractivity contribution in [3.63, 3.8) is 0 Å². The molecular formula is C56H36N2OS. The van der Waals surface area contributed by atoms with Crippen molar-refractivity contribution in [1.82, 2.24) is 0 Å². The van der Waals surface area contributed by atoms with Crippen molar-refractivity contribution >= 4 is 109 Å². The summed E-state index contributed by atoms with van der Waals surface area (Å²) in [5, 5.41) is 9.56. The smallest absolute Gasteiger partial charge is 0.136 e. The predicted octanol–water partition coefficient (Wildman–Crippen LogP) is 16.9. The molecule has 0 spiro atoms. The Morgan fingerprint density at radius 3 is 1.63 bits per heavy atom. The van der Waals surface area contributed by atoms with Gasteiger partial charge in [-0.2, -0.15) is 0 Å². The zero-order valence-corrected chi connectivity index (χ0v) is 33.3. The van der Waals surface area contributed by atoms with E-state index >= 15 is 0 Å². The Labute approximate surface area is 351 Å². The molecule has 0 saturated heterocycles. The maximum absolute atomic E-state index is 6.32. The second-order valence-corrected chi connectivity index (χ2v) is 16.4. The number of anilines is 6. The van der Waals surface area contributed by atoms with Crippen LogP contribution in [0.15, 0.2) is 223 Å². The Kier molecular flexibility index (Phi) is 8.03. The van der Waals surface area contributed by atoms with Crippen molar-refractivity contribution in [2.45, 2.75) is 0 Å². The molecule has 0 saturated carbocycles. The van der Waals surface area contributed by atoms with E-state index in [1.165, 1.54) is 47.5 Å². The number of thiophene rings is 1. The van der Waals surface area contributed by atoms with Crippen LogP contribution in [0.1, 0.15) is 0 Å². The van der Waals surface area contributed by atoms with Crippen LogP contribution in [0.25, 0.3) is 74.8 Å². The quantitative estimate of drug-likeness (QED) is 0.150. The number of rotatable bonds is 7. The summed E-state index contributed by atoms with van der Waals surface area (Å²) >= 11 is 1.85. The van der Waals surface area contributed by atoms with Crippen LogP contribution < -0.4 is 9.80 Å². The van der Waals surface area contributed by atoms with Crippen LogP contribution in [-0.4, -0.2) is 0 Å². The minimum atomic E-state index is 0.909. The molecule has 0 unspecified atom stereocenters. The average Bonchev–Trinajstić information content (AvgIpc) is 3.87. The van der Waals surface area contributed by atoms with E-state index in [4.69, 9.17) is 4.42 Å². The van der Waals surface area contributed by atoms with Crippen molar-refractivity contribution in [2.24, 2.45) is 0 Å². The van der Waals surface area contributed by atoms with Gasteiger partial charge in [-0.3, -0.25) is 0 Å². The number of hydrogen-bond donors (Lipinski definition) is 0. The highest BCUT2D eigenvalue weighted by Crippen LogP contribution is 2.45. The van der Waals surface area contributed by atoms with Gasteiger partial charge < -0.3 is 14.2 Å². The van der Waals surface area contributed by atoms with Crippen molar-refractivity contribution in [3.05, 3.63) is 218 Å². The number of hydrogen-bond acceptors (Lipinski definition) is 4. The van der Waals surface area contributed by atoms with Crippen molar-refractivity contribution in [1.29, 1.82) is 0 Å². The SMILES string of the molecule is c1ccc(-c2ccc(N(c3ccccc3)c3cccc(N(c4ccc5ccc6cc7oc8ccccc8c7cc6c5c4)c4ccc5sc6ccccc6c5c4)c3)cc2)cc1. The number of benzene rings is 10. The second-order valence-electron chi connectivity index (χ2n) is 15.4. The fourth-order valence-corrected chi connectivity index (χ4v) is 10.0. The number of nitrogens with zero attached hydrogens (tertiary/aromatic N) is 2. The summed E-state index contributed by atoms with van der Waals surface area (Å²) in [4.78, 5) is 4.77. The standard InChI is InChI=1S/C56H36N2OS/c1-3-12-37(13-4-1)38-24-27-42(28-25-38)57(41-14-5-2-6-15-41)43-16-11-17-44(33-43)58(46-30-31-56-52(35-46)48-19-8-10-21-55(48)60-56)45-29-26-39-22-23-40-32-54-51(36-50(40)49(39)34-45)47-18-7-9-20-53(47)59-54/h1-36H. The molecule has 12 rings (SSSR count). The molecule has 0 atom stereocenters. The summed E-state index contributed by atoms with van der Waals surface area (Å²) in [6, 6.07) is 78.9. The van der Waals surface area contributed by atoms with Gasteiger partial charge in [-0.15, -0.1) is 11.3 Å². The van der Waals surface area contributed by atoms with E-state index in [-0.39, 0.29) is 0 Å². The highest BCUT2D eigenvalue weighted by molar-refractivity contribution is 7.25. The van der Waals surface area contributed by atoms with Gasteiger partial charge in [0.05, 0.1) is 0 Å². The van der Waals surface area contributed by atoms with Crippen molar-refractivity contribution in [2.75, 3.05) is 9.80 Å². The predicted molar refractivity (Wildman–Crippen MR) is 256 cm³/mol. The van der Waals surface area contributed by atoms with Crippen LogP contribution in [0.3, 0.4) is 0 Å². The lowest BCUT2D eigenvalue weighted by molar-refractivity contribution is 0.669. The Bertz CT molecular complexity index is 3550. The minimum Gasteiger partial charge on any atom is -0.456 e. The fourth-order valence-electron chi connectivity index (χ4n) is 8.93. The van der Waals surface area contributed by atoms with Gasteiger partial charge in [0.2, 0.25) is 0 Å². The average molecular weight is 785 g/mol. The zero-order valence-electron chi connectivity index (χ0n) is 32.5. The Morgan fingerprint density at radius 2 is 0.817 bits per heavy atom. The summed E-state index contributed by atoms with van der Waals surface area (Å²) in [5.74, 6) is 0. The molecule has 60 heavy (non-hydrogen) atoms. The number of furan rings is 1. The number of para-hydroxylation sites is 2. The van der Waals surface area contributed by atoms with Crippen LogP contribution in [0.5, 0.6) is 0 Å². The molecule has 10 aromatic carbocycles.